The third-order valence-electron chi connectivity index (χ3n) is 7.79. The topological polar surface area (TPSA) is 49.8 Å². The number of aliphatic hydroxyl groups excluding tert-OH is 1. The summed E-state index contributed by atoms with van der Waals surface area (Å²) in [6.45, 7) is 17.8. The summed E-state index contributed by atoms with van der Waals surface area (Å²) >= 11 is 0. The van der Waals surface area contributed by atoms with Crippen molar-refractivity contribution in [2.75, 3.05) is 0 Å². The molecule has 0 aliphatic heterocycles. The van der Waals surface area contributed by atoms with E-state index in [0.29, 0.717) is 0 Å². The van der Waals surface area contributed by atoms with Crippen molar-refractivity contribution in [2.24, 2.45) is 11.8 Å². The van der Waals surface area contributed by atoms with E-state index >= 15 is 0 Å². The molecule has 0 saturated carbocycles. The summed E-state index contributed by atoms with van der Waals surface area (Å²) < 4.78 is 6.26. The molecule has 1 N–H and O–H groups in total. The quantitative estimate of drug-likeness (QED) is 0.273. The van der Waals surface area contributed by atoms with E-state index in [1.165, 1.54) is 33.4 Å². The van der Waals surface area contributed by atoms with Crippen LogP contribution in [0.25, 0.3) is 0 Å². The fraction of sp³-hybridized carbons (Fsp3) is 0.441. The molecular weight excluding hydrogens is 470 g/mol. The van der Waals surface area contributed by atoms with Crippen LogP contribution in [-0.4, -0.2) is 28.1 Å². The smallest absolute Gasteiger partial charge is 0.311 e. The summed E-state index contributed by atoms with van der Waals surface area (Å²) in [6, 6.07) is 22.8. The number of rotatable bonds is 11. The average molecular weight is 516 g/mol. The molecule has 4 atom stereocenters. The lowest BCUT2D eigenvalue weighted by molar-refractivity contribution is -0.162. The van der Waals surface area contributed by atoms with E-state index < -0.39 is 18.1 Å². The van der Waals surface area contributed by atoms with Crippen LogP contribution in [0.1, 0.15) is 72.7 Å². The molecule has 0 radical (unpaired) electrons. The number of ether oxygens (including phenoxy) is 1. The van der Waals surface area contributed by atoms with Crippen LogP contribution >= 0.6 is 0 Å². The largest absolute Gasteiger partial charge is 0.456 e. The van der Waals surface area contributed by atoms with Crippen molar-refractivity contribution in [3.8, 4) is 0 Å². The molecule has 0 fully saturated rings. The minimum Gasteiger partial charge on any atom is -0.456 e. The maximum absolute atomic E-state index is 13.3. The average Bonchev–Trinajstić information content (AvgIpc) is 2.88. The van der Waals surface area contributed by atoms with Crippen molar-refractivity contribution >= 4 is 5.97 Å². The number of esters is 1. The standard InChI is InChI=1S/C34H45NO3/c1-22(2)32(36)27(7)34(37)38-33(29-15-10-9-11-16-29)28(8)35(20-30-17-13-12-14-24(30)4)21-31-25(5)18-23(3)19-26(31)6/h9-19,22,27-28,32-33,36H,20-21H2,1-8H3/t27-,28-,32-,33-/m0/s1. The third-order valence-corrected chi connectivity index (χ3v) is 7.79. The second-order valence-corrected chi connectivity index (χ2v) is 11.2. The van der Waals surface area contributed by atoms with Crippen LogP contribution in [-0.2, 0) is 22.6 Å². The fourth-order valence-corrected chi connectivity index (χ4v) is 5.24. The molecular formula is C34H45NO3. The van der Waals surface area contributed by atoms with Gasteiger partial charge in [-0.05, 0) is 80.8 Å². The van der Waals surface area contributed by atoms with Crippen LogP contribution < -0.4 is 0 Å². The third kappa shape index (κ3) is 7.33. The number of aliphatic hydroxyl groups is 1. The molecule has 0 saturated heterocycles. The van der Waals surface area contributed by atoms with E-state index in [-0.39, 0.29) is 17.9 Å². The molecule has 0 aliphatic carbocycles. The van der Waals surface area contributed by atoms with Crippen molar-refractivity contribution in [3.63, 3.8) is 0 Å². The van der Waals surface area contributed by atoms with E-state index in [2.05, 4.69) is 75.9 Å². The number of benzene rings is 3. The molecule has 0 bridgehead atoms. The highest BCUT2D eigenvalue weighted by Crippen LogP contribution is 2.31. The summed E-state index contributed by atoms with van der Waals surface area (Å²) in [5.74, 6) is -1.01. The Kier molecular flexibility index (Phi) is 10.3. The van der Waals surface area contributed by atoms with E-state index in [4.69, 9.17) is 4.74 Å². The van der Waals surface area contributed by atoms with Gasteiger partial charge < -0.3 is 9.84 Å². The first-order chi connectivity index (χ1) is 18.0. The van der Waals surface area contributed by atoms with Gasteiger partial charge in [0.15, 0.2) is 0 Å². The van der Waals surface area contributed by atoms with Crippen molar-refractivity contribution in [1.29, 1.82) is 0 Å². The monoisotopic (exact) mass is 515 g/mol. The zero-order valence-electron chi connectivity index (χ0n) is 24.4. The van der Waals surface area contributed by atoms with Crippen LogP contribution in [0.4, 0.5) is 0 Å². The molecule has 4 nitrogen and oxygen atoms in total. The second-order valence-electron chi connectivity index (χ2n) is 11.2. The molecule has 3 aromatic carbocycles. The van der Waals surface area contributed by atoms with Gasteiger partial charge in [0, 0.05) is 19.1 Å². The van der Waals surface area contributed by atoms with Crippen LogP contribution in [0.3, 0.4) is 0 Å². The molecule has 0 aromatic heterocycles. The van der Waals surface area contributed by atoms with Gasteiger partial charge >= 0.3 is 5.97 Å². The van der Waals surface area contributed by atoms with Crippen LogP contribution in [0.2, 0.25) is 0 Å². The Hall–Kier alpha value is -2.95. The van der Waals surface area contributed by atoms with E-state index in [1.807, 2.05) is 44.2 Å². The summed E-state index contributed by atoms with van der Waals surface area (Å²) in [5.41, 5.74) is 8.55. The number of hydrogen-bond acceptors (Lipinski definition) is 4. The summed E-state index contributed by atoms with van der Waals surface area (Å²) in [6.07, 6.45) is -1.24. The minimum absolute atomic E-state index is 0.0322. The van der Waals surface area contributed by atoms with Crippen molar-refractivity contribution in [2.45, 2.75) is 86.7 Å². The first-order valence-corrected chi connectivity index (χ1v) is 13.8. The second kappa shape index (κ2) is 13.2. The van der Waals surface area contributed by atoms with Gasteiger partial charge in [0.05, 0.1) is 12.0 Å². The number of aryl methyl sites for hydroxylation is 4. The lowest BCUT2D eigenvalue weighted by Gasteiger charge is -2.36. The predicted molar refractivity (Wildman–Crippen MR) is 156 cm³/mol. The van der Waals surface area contributed by atoms with Crippen molar-refractivity contribution in [3.05, 3.63) is 106 Å². The highest BCUT2D eigenvalue weighted by Gasteiger charge is 2.33. The van der Waals surface area contributed by atoms with Gasteiger partial charge in [0.25, 0.3) is 0 Å². The van der Waals surface area contributed by atoms with Gasteiger partial charge in [0.2, 0.25) is 0 Å². The molecule has 3 rings (SSSR count). The van der Waals surface area contributed by atoms with Crippen molar-refractivity contribution < 1.29 is 14.6 Å². The Balaban J connectivity index is 2.02. The van der Waals surface area contributed by atoms with Gasteiger partial charge in [-0.3, -0.25) is 9.69 Å². The Labute approximate surface area is 229 Å². The van der Waals surface area contributed by atoms with Gasteiger partial charge in [-0.1, -0.05) is 86.1 Å². The Morgan fingerprint density at radius 2 is 1.39 bits per heavy atom. The highest BCUT2D eigenvalue weighted by molar-refractivity contribution is 5.73. The van der Waals surface area contributed by atoms with Gasteiger partial charge in [-0.25, -0.2) is 0 Å². The molecule has 0 unspecified atom stereocenters. The first kappa shape index (κ1) is 29.6. The zero-order valence-corrected chi connectivity index (χ0v) is 24.4. The molecule has 0 spiro atoms. The number of hydrogen-bond donors (Lipinski definition) is 1. The lowest BCUT2D eigenvalue weighted by atomic mass is 9.94. The van der Waals surface area contributed by atoms with Crippen LogP contribution in [0.5, 0.6) is 0 Å². The molecule has 4 heteroatoms. The normalized spacial score (nSPS) is 14.8. The SMILES string of the molecule is Cc1cc(C)c(CN(Cc2ccccc2C)[C@@H](C)[C@H](OC(=O)[C@@H](C)[C@@H](O)C(C)C)c2ccccc2)c(C)c1. The minimum atomic E-state index is -0.754. The lowest BCUT2D eigenvalue weighted by Crippen LogP contribution is -2.40. The van der Waals surface area contributed by atoms with Crippen molar-refractivity contribution in [1.82, 2.24) is 4.90 Å². The predicted octanol–water partition coefficient (Wildman–Crippen LogP) is 7.25. The zero-order chi connectivity index (χ0) is 28.0. The Bertz CT molecular complexity index is 1180. The maximum Gasteiger partial charge on any atom is 0.311 e. The molecule has 3 aromatic rings. The van der Waals surface area contributed by atoms with Crippen LogP contribution in [0, 0.1) is 39.5 Å². The molecule has 204 valence electrons. The maximum atomic E-state index is 13.3. The number of carbonyl (C=O) groups excluding carboxylic acids is 1. The van der Waals surface area contributed by atoms with Crippen LogP contribution in [0.15, 0.2) is 66.7 Å². The summed E-state index contributed by atoms with van der Waals surface area (Å²) in [7, 11) is 0. The molecule has 38 heavy (non-hydrogen) atoms. The number of nitrogens with zero attached hydrogens (tertiary/aromatic N) is 1. The fourth-order valence-electron chi connectivity index (χ4n) is 5.24. The van der Waals surface area contributed by atoms with E-state index in [9.17, 15) is 9.90 Å². The Morgan fingerprint density at radius 3 is 1.97 bits per heavy atom. The number of carbonyl (C=O) groups is 1. The van der Waals surface area contributed by atoms with Gasteiger partial charge in [-0.15, -0.1) is 0 Å². The molecule has 0 amide bonds. The highest BCUT2D eigenvalue weighted by atomic mass is 16.5. The van der Waals surface area contributed by atoms with Gasteiger partial charge in [-0.2, -0.15) is 0 Å². The summed E-state index contributed by atoms with van der Waals surface area (Å²) in [5, 5.41) is 10.6. The first-order valence-electron chi connectivity index (χ1n) is 13.8. The van der Waals surface area contributed by atoms with E-state index in [1.54, 1.807) is 6.92 Å². The van der Waals surface area contributed by atoms with E-state index in [0.717, 1.165) is 18.7 Å². The molecule has 0 aliphatic rings. The summed E-state index contributed by atoms with van der Waals surface area (Å²) in [4.78, 5) is 15.7. The molecule has 0 heterocycles. The van der Waals surface area contributed by atoms with Gasteiger partial charge in [0.1, 0.15) is 6.10 Å². The Morgan fingerprint density at radius 1 is 0.816 bits per heavy atom.